The average molecular weight is 260 g/mol. The number of aromatic amines is 1. The number of sulfonamides is 1. The summed E-state index contributed by atoms with van der Waals surface area (Å²) in [4.78, 5) is 17.5. The lowest BCUT2D eigenvalue weighted by molar-refractivity contribution is -0.124. The predicted molar refractivity (Wildman–Crippen MR) is 61.6 cm³/mol. The third-order valence-electron chi connectivity index (χ3n) is 2.39. The molecule has 1 heterocycles. The van der Waals surface area contributed by atoms with Crippen LogP contribution in [0.1, 0.15) is 6.92 Å². The van der Waals surface area contributed by atoms with Crippen LogP contribution in [0.25, 0.3) is 0 Å². The number of carbonyl (C=O) groups is 1. The maximum atomic E-state index is 12.0. The Bertz CT molecular complexity index is 468. The van der Waals surface area contributed by atoms with Crippen molar-refractivity contribution in [2.45, 2.75) is 11.9 Å². The molecule has 0 aliphatic rings. The number of carbonyl (C=O) groups excluding carboxylic acids is 1. The van der Waals surface area contributed by atoms with E-state index in [4.69, 9.17) is 0 Å². The van der Waals surface area contributed by atoms with Crippen LogP contribution in [0.2, 0.25) is 0 Å². The lowest BCUT2D eigenvalue weighted by Crippen LogP contribution is -2.37. The van der Waals surface area contributed by atoms with E-state index in [0.29, 0.717) is 0 Å². The van der Waals surface area contributed by atoms with Gasteiger partial charge in [0.1, 0.15) is 0 Å². The van der Waals surface area contributed by atoms with Gasteiger partial charge in [-0.15, -0.1) is 0 Å². The first kappa shape index (κ1) is 13.7. The highest BCUT2D eigenvalue weighted by molar-refractivity contribution is 7.89. The van der Waals surface area contributed by atoms with Crippen LogP contribution in [0.15, 0.2) is 17.6 Å². The van der Waals surface area contributed by atoms with Gasteiger partial charge in [0, 0.05) is 26.6 Å². The molecule has 8 heteroatoms. The summed E-state index contributed by atoms with van der Waals surface area (Å²) in [6.45, 7) is 1.78. The Hall–Kier alpha value is -1.41. The molecule has 2 N–H and O–H groups in total. The van der Waals surface area contributed by atoms with Crippen molar-refractivity contribution in [3.05, 3.63) is 12.5 Å². The highest BCUT2D eigenvalue weighted by Crippen LogP contribution is 2.11. The van der Waals surface area contributed by atoms with Gasteiger partial charge >= 0.3 is 0 Å². The molecule has 1 rings (SSSR count). The average Bonchev–Trinajstić information content (AvgIpc) is 2.81. The Labute approximate surface area is 100 Å². The van der Waals surface area contributed by atoms with Crippen LogP contribution in [0.4, 0.5) is 0 Å². The third-order valence-corrected chi connectivity index (χ3v) is 4.14. The maximum Gasteiger partial charge on any atom is 0.259 e. The molecule has 0 saturated carbocycles. The normalized spacial score (nSPS) is 13.6. The first-order valence-corrected chi connectivity index (χ1v) is 6.50. The van der Waals surface area contributed by atoms with Gasteiger partial charge in [0.25, 0.3) is 10.0 Å². The maximum absolute atomic E-state index is 12.0. The largest absolute Gasteiger partial charge is 0.359 e. The topological polar surface area (TPSA) is 95.2 Å². The fourth-order valence-corrected chi connectivity index (χ4v) is 2.52. The van der Waals surface area contributed by atoms with Gasteiger partial charge in [0.15, 0.2) is 5.03 Å². The number of aromatic nitrogens is 2. The zero-order valence-corrected chi connectivity index (χ0v) is 10.8. The second-order valence-electron chi connectivity index (χ2n) is 3.72. The Morgan fingerprint density at radius 2 is 2.29 bits per heavy atom. The van der Waals surface area contributed by atoms with Crippen molar-refractivity contribution in [2.75, 3.05) is 20.6 Å². The monoisotopic (exact) mass is 260 g/mol. The van der Waals surface area contributed by atoms with Crippen molar-refractivity contribution in [3.8, 4) is 0 Å². The Morgan fingerprint density at radius 1 is 1.65 bits per heavy atom. The molecule has 0 fully saturated rings. The molecule has 0 aliphatic heterocycles. The highest BCUT2D eigenvalue weighted by atomic mass is 32.2. The van der Waals surface area contributed by atoms with Gasteiger partial charge < -0.3 is 10.3 Å². The number of imidazole rings is 1. The lowest BCUT2D eigenvalue weighted by Gasteiger charge is -2.19. The summed E-state index contributed by atoms with van der Waals surface area (Å²) < 4.78 is 25.1. The van der Waals surface area contributed by atoms with Crippen molar-refractivity contribution < 1.29 is 13.2 Å². The van der Waals surface area contributed by atoms with Crippen molar-refractivity contribution in [1.29, 1.82) is 0 Å². The van der Waals surface area contributed by atoms with Crippen molar-refractivity contribution in [3.63, 3.8) is 0 Å². The number of H-pyrrole nitrogens is 1. The molecule has 0 saturated heterocycles. The quantitative estimate of drug-likeness (QED) is 0.740. The molecule has 0 radical (unpaired) electrons. The van der Waals surface area contributed by atoms with Crippen LogP contribution in [0.3, 0.4) is 0 Å². The van der Waals surface area contributed by atoms with Gasteiger partial charge in [-0.2, -0.15) is 4.31 Å². The molecule has 0 spiro atoms. The molecule has 1 aromatic heterocycles. The van der Waals surface area contributed by atoms with E-state index in [1.54, 1.807) is 6.92 Å². The molecule has 7 nitrogen and oxygen atoms in total. The summed E-state index contributed by atoms with van der Waals surface area (Å²) in [6, 6.07) is 0. The summed E-state index contributed by atoms with van der Waals surface area (Å²) in [5.41, 5.74) is 0. The molecule has 17 heavy (non-hydrogen) atoms. The minimum absolute atomic E-state index is 0.0177. The van der Waals surface area contributed by atoms with Crippen molar-refractivity contribution in [1.82, 2.24) is 19.6 Å². The van der Waals surface area contributed by atoms with Crippen LogP contribution < -0.4 is 5.32 Å². The number of hydrogen-bond acceptors (Lipinski definition) is 4. The first-order valence-electron chi connectivity index (χ1n) is 5.06. The van der Waals surface area contributed by atoms with Gasteiger partial charge in [0.2, 0.25) is 5.91 Å². The number of amides is 1. The zero-order chi connectivity index (χ0) is 13.1. The van der Waals surface area contributed by atoms with E-state index in [9.17, 15) is 13.2 Å². The minimum atomic E-state index is -3.60. The van der Waals surface area contributed by atoms with E-state index in [0.717, 1.165) is 4.31 Å². The van der Waals surface area contributed by atoms with E-state index in [-0.39, 0.29) is 17.5 Å². The van der Waals surface area contributed by atoms with Gasteiger partial charge in [0.05, 0.1) is 12.5 Å². The highest BCUT2D eigenvalue weighted by Gasteiger charge is 2.25. The number of nitrogens with one attached hydrogen (secondary N) is 2. The van der Waals surface area contributed by atoms with Gasteiger partial charge in [-0.3, -0.25) is 4.79 Å². The van der Waals surface area contributed by atoms with E-state index in [1.165, 1.54) is 26.6 Å². The van der Waals surface area contributed by atoms with Crippen molar-refractivity contribution >= 4 is 15.9 Å². The molecule has 96 valence electrons. The summed E-state index contributed by atoms with van der Waals surface area (Å²) in [5, 5.41) is 2.49. The predicted octanol–water partition coefficient (Wildman–Crippen LogP) is -0.588. The molecule has 0 bridgehead atoms. The number of hydrogen-bond donors (Lipinski definition) is 2. The van der Waals surface area contributed by atoms with E-state index in [1.807, 2.05) is 0 Å². The molecular weight excluding hydrogens is 244 g/mol. The van der Waals surface area contributed by atoms with Gasteiger partial charge in [-0.1, -0.05) is 6.92 Å². The number of rotatable bonds is 5. The molecule has 1 aromatic rings. The first-order chi connectivity index (χ1) is 7.89. The van der Waals surface area contributed by atoms with Crippen LogP contribution in [-0.4, -0.2) is 49.2 Å². The molecular formula is C9H16N4O3S. The molecule has 0 aliphatic carbocycles. The summed E-state index contributed by atoms with van der Waals surface area (Å²) in [5.74, 6) is -0.612. The second-order valence-corrected chi connectivity index (χ2v) is 5.73. The Balaban J connectivity index is 2.77. The van der Waals surface area contributed by atoms with Crippen molar-refractivity contribution in [2.24, 2.45) is 5.92 Å². The van der Waals surface area contributed by atoms with Crippen LogP contribution in [0.5, 0.6) is 0 Å². The van der Waals surface area contributed by atoms with Crippen LogP contribution in [-0.2, 0) is 14.8 Å². The lowest BCUT2D eigenvalue weighted by atomic mass is 10.2. The molecule has 1 atom stereocenters. The number of nitrogens with zero attached hydrogens (tertiary/aromatic N) is 2. The van der Waals surface area contributed by atoms with E-state index in [2.05, 4.69) is 15.3 Å². The van der Waals surface area contributed by atoms with Crippen LogP contribution >= 0.6 is 0 Å². The Kier molecular flexibility index (Phi) is 4.24. The van der Waals surface area contributed by atoms with E-state index < -0.39 is 15.9 Å². The molecule has 1 amide bonds. The van der Waals surface area contributed by atoms with E-state index >= 15 is 0 Å². The minimum Gasteiger partial charge on any atom is -0.359 e. The Morgan fingerprint density at radius 3 is 2.76 bits per heavy atom. The fraction of sp³-hybridized carbons (Fsp3) is 0.556. The standard InChI is InChI=1S/C9H16N4O3S/c1-7(9(14)10-2)5-13(3)17(15,16)8-4-11-6-12-8/h4,6-7H,5H2,1-3H3,(H,10,14)(H,11,12). The zero-order valence-electron chi connectivity index (χ0n) is 9.97. The second kappa shape index (κ2) is 5.28. The third kappa shape index (κ3) is 3.04. The SMILES string of the molecule is CNC(=O)C(C)CN(C)S(=O)(=O)c1cnc[nH]1. The van der Waals surface area contributed by atoms with Crippen LogP contribution in [0, 0.1) is 5.92 Å². The smallest absolute Gasteiger partial charge is 0.259 e. The summed E-state index contributed by atoms with van der Waals surface area (Å²) >= 11 is 0. The summed E-state index contributed by atoms with van der Waals surface area (Å²) in [7, 11) is -0.655. The van der Waals surface area contributed by atoms with Gasteiger partial charge in [-0.25, -0.2) is 13.4 Å². The summed E-state index contributed by atoms with van der Waals surface area (Å²) in [6.07, 6.45) is 2.53. The molecule has 0 aromatic carbocycles. The molecule has 1 unspecified atom stereocenters. The fourth-order valence-electron chi connectivity index (χ4n) is 1.37. The van der Waals surface area contributed by atoms with Gasteiger partial charge in [-0.05, 0) is 0 Å².